The van der Waals surface area contributed by atoms with Gasteiger partial charge in [0.2, 0.25) is 0 Å². The Morgan fingerprint density at radius 1 is 1.26 bits per heavy atom. The SMILES string of the molecule is NC(=O)COc1cccc(Cn2c(=O)oc3cc(Cl)ccc32)c1. The van der Waals surface area contributed by atoms with Gasteiger partial charge >= 0.3 is 5.76 Å². The Morgan fingerprint density at radius 3 is 2.87 bits per heavy atom. The van der Waals surface area contributed by atoms with Gasteiger partial charge in [0, 0.05) is 11.1 Å². The molecule has 0 atom stereocenters. The molecule has 6 nitrogen and oxygen atoms in total. The number of carbonyl (C=O) groups excluding carboxylic acids is 1. The smallest absolute Gasteiger partial charge is 0.420 e. The highest BCUT2D eigenvalue weighted by Crippen LogP contribution is 2.20. The first-order valence-electron chi connectivity index (χ1n) is 6.82. The highest BCUT2D eigenvalue weighted by molar-refractivity contribution is 6.31. The standard InChI is InChI=1S/C16H13ClN2O4/c17-11-4-5-13-14(7-11)23-16(21)19(13)8-10-2-1-3-12(6-10)22-9-15(18)20/h1-7H,8-9H2,(H2,18,20). The van der Waals surface area contributed by atoms with Gasteiger partial charge in [-0.15, -0.1) is 0 Å². The van der Waals surface area contributed by atoms with Crippen molar-refractivity contribution in [2.75, 3.05) is 6.61 Å². The fourth-order valence-electron chi connectivity index (χ4n) is 2.26. The number of oxazole rings is 1. The van der Waals surface area contributed by atoms with Gasteiger partial charge in [0.25, 0.3) is 5.91 Å². The second kappa shape index (κ2) is 6.18. The van der Waals surface area contributed by atoms with E-state index in [0.717, 1.165) is 5.56 Å². The highest BCUT2D eigenvalue weighted by atomic mass is 35.5. The average Bonchev–Trinajstić information content (AvgIpc) is 2.81. The zero-order chi connectivity index (χ0) is 16.4. The van der Waals surface area contributed by atoms with Gasteiger partial charge < -0.3 is 14.9 Å². The number of amides is 1. The Balaban J connectivity index is 1.90. The van der Waals surface area contributed by atoms with E-state index in [0.29, 0.717) is 28.4 Å². The van der Waals surface area contributed by atoms with Crippen molar-refractivity contribution in [1.29, 1.82) is 0 Å². The summed E-state index contributed by atoms with van der Waals surface area (Å²) >= 11 is 5.90. The molecule has 0 radical (unpaired) electrons. The van der Waals surface area contributed by atoms with Crippen LogP contribution in [0.4, 0.5) is 0 Å². The number of ether oxygens (including phenoxy) is 1. The zero-order valence-corrected chi connectivity index (χ0v) is 12.7. The number of hydrogen-bond donors (Lipinski definition) is 1. The summed E-state index contributed by atoms with van der Waals surface area (Å²) in [6.45, 7) is 0.109. The van der Waals surface area contributed by atoms with Crippen LogP contribution in [0.2, 0.25) is 5.02 Å². The van der Waals surface area contributed by atoms with E-state index < -0.39 is 11.7 Å². The van der Waals surface area contributed by atoms with Gasteiger partial charge in [-0.25, -0.2) is 4.79 Å². The van der Waals surface area contributed by atoms with Crippen LogP contribution in [0.25, 0.3) is 11.1 Å². The van der Waals surface area contributed by atoms with Gasteiger partial charge in [0.05, 0.1) is 12.1 Å². The number of carbonyl (C=O) groups is 1. The number of hydrogen-bond acceptors (Lipinski definition) is 4. The molecule has 0 fully saturated rings. The van der Waals surface area contributed by atoms with E-state index in [1.807, 2.05) is 6.07 Å². The fourth-order valence-corrected chi connectivity index (χ4v) is 2.42. The number of fused-ring (bicyclic) bond motifs is 1. The van der Waals surface area contributed by atoms with Crippen molar-refractivity contribution in [3.63, 3.8) is 0 Å². The van der Waals surface area contributed by atoms with E-state index in [9.17, 15) is 9.59 Å². The second-order valence-corrected chi connectivity index (χ2v) is 5.40. The van der Waals surface area contributed by atoms with E-state index in [4.69, 9.17) is 26.5 Å². The minimum Gasteiger partial charge on any atom is -0.484 e. The molecule has 0 spiro atoms. The number of halogens is 1. The van der Waals surface area contributed by atoms with Gasteiger partial charge in [-0.3, -0.25) is 9.36 Å². The molecule has 3 aromatic rings. The topological polar surface area (TPSA) is 87.5 Å². The van der Waals surface area contributed by atoms with Crippen LogP contribution in [0.1, 0.15) is 5.56 Å². The molecule has 1 aromatic heterocycles. The molecule has 2 N–H and O–H groups in total. The van der Waals surface area contributed by atoms with Crippen molar-refractivity contribution in [1.82, 2.24) is 4.57 Å². The van der Waals surface area contributed by atoms with Crippen LogP contribution in [-0.2, 0) is 11.3 Å². The van der Waals surface area contributed by atoms with Crippen LogP contribution < -0.4 is 16.2 Å². The molecule has 23 heavy (non-hydrogen) atoms. The first-order valence-corrected chi connectivity index (χ1v) is 7.19. The predicted octanol–water partition coefficient (Wildman–Crippen LogP) is 2.16. The molecule has 0 aliphatic heterocycles. The summed E-state index contributed by atoms with van der Waals surface area (Å²) in [6.07, 6.45) is 0. The van der Waals surface area contributed by atoms with E-state index in [1.165, 1.54) is 4.57 Å². The van der Waals surface area contributed by atoms with Crippen LogP contribution in [0.15, 0.2) is 51.7 Å². The number of rotatable bonds is 5. The molecule has 0 unspecified atom stereocenters. The molecule has 3 rings (SSSR count). The Kier molecular flexibility index (Phi) is 4.08. The molecule has 1 amide bonds. The lowest BCUT2D eigenvalue weighted by Gasteiger charge is -2.07. The number of nitrogens with two attached hydrogens (primary N) is 1. The number of primary amides is 1. The monoisotopic (exact) mass is 332 g/mol. The van der Waals surface area contributed by atoms with Crippen molar-refractivity contribution in [3.05, 3.63) is 63.6 Å². The fraction of sp³-hybridized carbons (Fsp3) is 0.125. The Morgan fingerprint density at radius 2 is 2.09 bits per heavy atom. The third-order valence-corrected chi connectivity index (χ3v) is 3.49. The summed E-state index contributed by atoms with van der Waals surface area (Å²) in [5.41, 5.74) is 6.96. The molecule has 0 saturated heterocycles. The predicted molar refractivity (Wildman–Crippen MR) is 85.7 cm³/mol. The lowest BCUT2D eigenvalue weighted by atomic mass is 10.2. The summed E-state index contributed by atoms with van der Waals surface area (Å²) in [5, 5.41) is 0.500. The van der Waals surface area contributed by atoms with E-state index in [-0.39, 0.29) is 6.61 Å². The van der Waals surface area contributed by atoms with Gasteiger partial charge in [-0.1, -0.05) is 23.7 Å². The minimum absolute atomic E-state index is 0.198. The third kappa shape index (κ3) is 3.37. The van der Waals surface area contributed by atoms with Crippen molar-refractivity contribution in [2.45, 2.75) is 6.54 Å². The molecule has 0 saturated carbocycles. The lowest BCUT2D eigenvalue weighted by Crippen LogP contribution is -2.20. The quantitative estimate of drug-likeness (QED) is 0.775. The second-order valence-electron chi connectivity index (χ2n) is 4.97. The largest absolute Gasteiger partial charge is 0.484 e. The first kappa shape index (κ1) is 15.2. The number of nitrogens with zero attached hydrogens (tertiary/aromatic N) is 1. The average molecular weight is 333 g/mol. The van der Waals surface area contributed by atoms with Crippen LogP contribution in [0, 0.1) is 0 Å². The molecule has 7 heteroatoms. The molecule has 1 heterocycles. The lowest BCUT2D eigenvalue weighted by molar-refractivity contribution is -0.119. The summed E-state index contributed by atoms with van der Waals surface area (Å²) in [7, 11) is 0. The zero-order valence-electron chi connectivity index (χ0n) is 12.0. The van der Waals surface area contributed by atoms with E-state index in [1.54, 1.807) is 36.4 Å². The van der Waals surface area contributed by atoms with Gasteiger partial charge in [0.1, 0.15) is 5.75 Å². The van der Waals surface area contributed by atoms with Crippen molar-refractivity contribution < 1.29 is 13.9 Å². The molecule has 0 aliphatic rings. The first-order chi connectivity index (χ1) is 11.0. The Bertz CT molecular complexity index is 929. The van der Waals surface area contributed by atoms with Crippen LogP contribution >= 0.6 is 11.6 Å². The van der Waals surface area contributed by atoms with Gasteiger partial charge in [0.15, 0.2) is 12.2 Å². The molecule has 0 aliphatic carbocycles. The maximum absolute atomic E-state index is 12.0. The summed E-state index contributed by atoms with van der Waals surface area (Å²) in [5.74, 6) is -0.514. The molecule has 118 valence electrons. The van der Waals surface area contributed by atoms with E-state index >= 15 is 0 Å². The Labute approximate surface area is 136 Å². The molecule has 2 aromatic carbocycles. The van der Waals surface area contributed by atoms with Gasteiger partial charge in [-0.2, -0.15) is 0 Å². The van der Waals surface area contributed by atoms with Crippen LogP contribution in [0.3, 0.4) is 0 Å². The summed E-state index contributed by atoms with van der Waals surface area (Å²) in [6, 6.07) is 12.1. The molecular weight excluding hydrogens is 320 g/mol. The van der Waals surface area contributed by atoms with Crippen molar-refractivity contribution >= 4 is 28.6 Å². The Hall–Kier alpha value is -2.73. The summed E-state index contributed by atoms with van der Waals surface area (Å²) < 4.78 is 11.9. The third-order valence-electron chi connectivity index (χ3n) is 3.25. The maximum atomic E-state index is 12.0. The number of aromatic nitrogens is 1. The van der Waals surface area contributed by atoms with E-state index in [2.05, 4.69) is 0 Å². The normalized spacial score (nSPS) is 10.8. The number of benzene rings is 2. The van der Waals surface area contributed by atoms with Gasteiger partial charge in [-0.05, 0) is 29.8 Å². The van der Waals surface area contributed by atoms with Crippen LogP contribution in [-0.4, -0.2) is 17.1 Å². The van der Waals surface area contributed by atoms with Crippen molar-refractivity contribution in [3.8, 4) is 5.75 Å². The minimum atomic E-state index is -0.552. The summed E-state index contributed by atoms with van der Waals surface area (Å²) in [4.78, 5) is 22.8. The molecular formula is C16H13ClN2O4. The maximum Gasteiger partial charge on any atom is 0.420 e. The molecule has 0 bridgehead atoms. The van der Waals surface area contributed by atoms with Crippen molar-refractivity contribution in [2.24, 2.45) is 5.73 Å². The highest BCUT2D eigenvalue weighted by Gasteiger charge is 2.10. The van der Waals surface area contributed by atoms with Crippen LogP contribution in [0.5, 0.6) is 5.75 Å².